The van der Waals surface area contributed by atoms with E-state index in [2.05, 4.69) is 10.3 Å². The van der Waals surface area contributed by atoms with Crippen molar-refractivity contribution in [2.75, 3.05) is 33.5 Å². The van der Waals surface area contributed by atoms with Gasteiger partial charge in [0.05, 0.1) is 13.2 Å². The third-order valence-corrected chi connectivity index (χ3v) is 2.47. The molecule has 0 saturated heterocycles. The van der Waals surface area contributed by atoms with Crippen molar-refractivity contribution >= 4 is 5.91 Å². The number of rotatable bonds is 9. The van der Waals surface area contributed by atoms with Gasteiger partial charge in [0.1, 0.15) is 0 Å². The molecule has 2 N–H and O–H groups in total. The molecule has 0 radical (unpaired) electrons. The molecule has 0 bridgehead atoms. The maximum absolute atomic E-state index is 11.7. The molecule has 1 rings (SSSR count). The molecule has 1 aromatic rings. The van der Waals surface area contributed by atoms with Crippen LogP contribution in [-0.4, -0.2) is 44.4 Å². The van der Waals surface area contributed by atoms with Gasteiger partial charge in [-0.2, -0.15) is 0 Å². The molecule has 0 aliphatic carbocycles. The molecule has 6 nitrogen and oxygen atoms in total. The van der Waals surface area contributed by atoms with E-state index >= 15 is 0 Å². The molecule has 1 aromatic heterocycles. The summed E-state index contributed by atoms with van der Waals surface area (Å²) in [4.78, 5) is 25.2. The molecule has 0 aliphatic rings. The van der Waals surface area contributed by atoms with Gasteiger partial charge >= 0.3 is 0 Å². The Morgan fingerprint density at radius 1 is 1.32 bits per heavy atom. The second-order valence-corrected chi connectivity index (χ2v) is 4.01. The SMILES string of the molecule is COCCOCCCCNC(=O)c1cc[nH]c(=O)c1. The van der Waals surface area contributed by atoms with Crippen molar-refractivity contribution in [3.05, 3.63) is 34.2 Å². The topological polar surface area (TPSA) is 80.4 Å². The summed E-state index contributed by atoms with van der Waals surface area (Å²) in [5, 5.41) is 2.76. The van der Waals surface area contributed by atoms with Crippen LogP contribution in [-0.2, 0) is 9.47 Å². The molecule has 0 aromatic carbocycles. The molecule has 0 spiro atoms. The first-order valence-corrected chi connectivity index (χ1v) is 6.27. The number of carbonyl (C=O) groups is 1. The highest BCUT2D eigenvalue weighted by Crippen LogP contribution is 1.94. The lowest BCUT2D eigenvalue weighted by molar-refractivity contribution is 0.0686. The highest BCUT2D eigenvalue weighted by Gasteiger charge is 2.04. The molecular weight excluding hydrogens is 248 g/mol. The highest BCUT2D eigenvalue weighted by atomic mass is 16.5. The lowest BCUT2D eigenvalue weighted by atomic mass is 10.2. The van der Waals surface area contributed by atoms with Crippen LogP contribution < -0.4 is 10.9 Å². The first-order chi connectivity index (χ1) is 9.24. The number of hydrogen-bond acceptors (Lipinski definition) is 4. The molecule has 0 unspecified atom stereocenters. The van der Waals surface area contributed by atoms with Gasteiger partial charge in [-0.05, 0) is 18.9 Å². The van der Waals surface area contributed by atoms with E-state index in [0.29, 0.717) is 31.9 Å². The highest BCUT2D eigenvalue weighted by molar-refractivity contribution is 5.93. The average molecular weight is 268 g/mol. The van der Waals surface area contributed by atoms with Crippen LogP contribution in [0.5, 0.6) is 0 Å². The Kier molecular flexibility index (Phi) is 7.53. The maximum Gasteiger partial charge on any atom is 0.251 e. The van der Waals surface area contributed by atoms with E-state index < -0.39 is 0 Å². The molecule has 6 heteroatoms. The van der Waals surface area contributed by atoms with Crippen molar-refractivity contribution in [2.45, 2.75) is 12.8 Å². The van der Waals surface area contributed by atoms with E-state index in [4.69, 9.17) is 9.47 Å². The van der Waals surface area contributed by atoms with Crippen LogP contribution in [0.2, 0.25) is 0 Å². The van der Waals surface area contributed by atoms with E-state index in [1.807, 2.05) is 0 Å². The molecular formula is C13H20N2O4. The zero-order chi connectivity index (χ0) is 13.9. The summed E-state index contributed by atoms with van der Waals surface area (Å²) in [5.74, 6) is -0.230. The minimum Gasteiger partial charge on any atom is -0.382 e. The lowest BCUT2D eigenvalue weighted by Crippen LogP contribution is -2.25. The van der Waals surface area contributed by atoms with Crippen molar-refractivity contribution in [1.29, 1.82) is 0 Å². The van der Waals surface area contributed by atoms with Crippen LogP contribution in [0.4, 0.5) is 0 Å². The van der Waals surface area contributed by atoms with Gasteiger partial charge in [-0.25, -0.2) is 0 Å². The number of H-pyrrole nitrogens is 1. The van der Waals surface area contributed by atoms with E-state index in [9.17, 15) is 9.59 Å². The second-order valence-electron chi connectivity index (χ2n) is 4.01. The molecule has 1 amide bonds. The predicted molar refractivity (Wildman–Crippen MR) is 71.3 cm³/mol. The van der Waals surface area contributed by atoms with Gasteiger partial charge in [0.15, 0.2) is 0 Å². The summed E-state index contributed by atoms with van der Waals surface area (Å²) in [5.41, 5.74) is 0.0966. The third-order valence-electron chi connectivity index (χ3n) is 2.47. The Morgan fingerprint density at radius 2 is 2.16 bits per heavy atom. The number of amides is 1. The zero-order valence-corrected chi connectivity index (χ0v) is 11.1. The minimum absolute atomic E-state index is 0.230. The fourth-order valence-electron chi connectivity index (χ4n) is 1.46. The van der Waals surface area contributed by atoms with Crippen LogP contribution >= 0.6 is 0 Å². The minimum atomic E-state index is -0.279. The lowest BCUT2D eigenvalue weighted by Gasteiger charge is -2.05. The summed E-state index contributed by atoms with van der Waals surface area (Å²) < 4.78 is 10.1. The standard InChI is InChI=1S/C13H20N2O4/c1-18-8-9-19-7-3-2-5-15-13(17)11-4-6-14-12(16)10-11/h4,6,10H,2-3,5,7-9H2,1H3,(H,14,16)(H,15,17). The predicted octanol–water partition coefficient (Wildman–Crippen LogP) is 0.548. The molecule has 0 fully saturated rings. The quantitative estimate of drug-likeness (QED) is 0.641. The van der Waals surface area contributed by atoms with Crippen LogP contribution in [0.15, 0.2) is 23.1 Å². The summed E-state index contributed by atoms with van der Waals surface area (Å²) in [6, 6.07) is 2.85. The van der Waals surface area contributed by atoms with Crippen LogP contribution in [0.3, 0.4) is 0 Å². The monoisotopic (exact) mass is 268 g/mol. The summed E-state index contributed by atoms with van der Waals surface area (Å²) in [6.07, 6.45) is 3.17. The summed E-state index contributed by atoms with van der Waals surface area (Å²) >= 11 is 0. The molecule has 0 aliphatic heterocycles. The van der Waals surface area contributed by atoms with Crippen LogP contribution in [0, 0.1) is 0 Å². The Hall–Kier alpha value is -1.66. The smallest absolute Gasteiger partial charge is 0.251 e. The molecule has 0 saturated carbocycles. The van der Waals surface area contributed by atoms with Gasteiger partial charge < -0.3 is 19.8 Å². The number of methoxy groups -OCH3 is 1. The number of nitrogens with one attached hydrogen (secondary N) is 2. The number of hydrogen-bond donors (Lipinski definition) is 2. The van der Waals surface area contributed by atoms with Crippen molar-refractivity contribution in [1.82, 2.24) is 10.3 Å². The Labute approximate surface area is 112 Å². The van der Waals surface area contributed by atoms with Gasteiger partial charge in [0.2, 0.25) is 5.56 Å². The van der Waals surface area contributed by atoms with Gasteiger partial charge in [-0.15, -0.1) is 0 Å². The van der Waals surface area contributed by atoms with Crippen molar-refractivity contribution < 1.29 is 14.3 Å². The Balaban J connectivity index is 2.09. The number of unbranched alkanes of at least 4 members (excludes halogenated alkanes) is 1. The normalized spacial score (nSPS) is 10.4. The average Bonchev–Trinajstić information content (AvgIpc) is 2.41. The van der Waals surface area contributed by atoms with Gasteiger partial charge in [0.25, 0.3) is 5.91 Å². The first-order valence-electron chi connectivity index (χ1n) is 6.27. The molecule has 19 heavy (non-hydrogen) atoms. The Morgan fingerprint density at radius 3 is 2.89 bits per heavy atom. The number of aromatic amines is 1. The number of aromatic nitrogens is 1. The third kappa shape index (κ3) is 6.73. The maximum atomic E-state index is 11.7. The van der Waals surface area contributed by atoms with Crippen LogP contribution in [0.25, 0.3) is 0 Å². The van der Waals surface area contributed by atoms with E-state index in [0.717, 1.165) is 12.8 Å². The van der Waals surface area contributed by atoms with Gasteiger partial charge in [-0.1, -0.05) is 0 Å². The molecule has 1 heterocycles. The van der Waals surface area contributed by atoms with Crippen LogP contribution in [0.1, 0.15) is 23.2 Å². The fraction of sp³-hybridized carbons (Fsp3) is 0.538. The van der Waals surface area contributed by atoms with E-state index in [-0.39, 0.29) is 11.5 Å². The Bertz CT molecular complexity index is 431. The number of carbonyl (C=O) groups excluding carboxylic acids is 1. The van der Waals surface area contributed by atoms with Crippen molar-refractivity contribution in [3.8, 4) is 0 Å². The summed E-state index contributed by atoms with van der Waals surface area (Å²) in [6.45, 7) is 2.42. The number of pyridine rings is 1. The van der Waals surface area contributed by atoms with E-state index in [1.54, 1.807) is 13.2 Å². The zero-order valence-electron chi connectivity index (χ0n) is 11.1. The number of ether oxygens (including phenoxy) is 2. The largest absolute Gasteiger partial charge is 0.382 e. The second kappa shape index (κ2) is 9.29. The first kappa shape index (κ1) is 15.4. The molecule has 106 valence electrons. The van der Waals surface area contributed by atoms with Gasteiger partial charge in [0, 0.05) is 38.1 Å². The van der Waals surface area contributed by atoms with Crippen molar-refractivity contribution in [3.63, 3.8) is 0 Å². The summed E-state index contributed by atoms with van der Waals surface area (Å²) in [7, 11) is 1.63. The van der Waals surface area contributed by atoms with E-state index in [1.165, 1.54) is 12.3 Å². The van der Waals surface area contributed by atoms with Gasteiger partial charge in [-0.3, -0.25) is 9.59 Å². The van der Waals surface area contributed by atoms with Crippen molar-refractivity contribution in [2.24, 2.45) is 0 Å². The molecule has 0 atom stereocenters. The fourth-order valence-corrected chi connectivity index (χ4v) is 1.46.